The molecule has 0 bridgehead atoms. The average Bonchev–Trinajstić information content (AvgIpc) is 1.08. The van der Waals surface area contributed by atoms with Gasteiger partial charge in [0.1, 0.15) is 11.2 Å². The highest BCUT2D eigenvalue weighted by Gasteiger charge is 2.28. The Balaban J connectivity index is 0.000000112. The van der Waals surface area contributed by atoms with E-state index in [4.69, 9.17) is 23.8 Å². The van der Waals surface area contributed by atoms with Crippen LogP contribution in [0.15, 0.2) is 500 Å². The Morgan fingerprint density at radius 1 is 0.186 bits per heavy atom. The molecule has 28 rings (SSSR count). The van der Waals surface area contributed by atoms with Crippen molar-refractivity contribution in [3.05, 3.63) is 503 Å². The predicted octanol–water partition coefficient (Wildman–Crippen LogP) is 37.2. The molecule has 28 aromatic rings. The van der Waals surface area contributed by atoms with E-state index in [0.717, 1.165) is 106 Å². The van der Waals surface area contributed by atoms with Gasteiger partial charge in [0.15, 0.2) is 28.6 Å². The number of anilines is 6. The van der Waals surface area contributed by atoms with Crippen molar-refractivity contribution in [2.45, 2.75) is 13.8 Å². The Morgan fingerprint density at radius 3 is 1.13 bits per heavy atom. The third-order valence-electron chi connectivity index (χ3n) is 28.1. The normalized spacial score (nSPS) is 11.6. The summed E-state index contributed by atoms with van der Waals surface area (Å²) in [6, 6.07) is 176. The molecule has 3 aromatic heterocycles. The minimum absolute atomic E-state index is 0.648. The van der Waals surface area contributed by atoms with Crippen molar-refractivity contribution in [3.8, 4) is 78.7 Å². The summed E-state index contributed by atoms with van der Waals surface area (Å²) in [6.45, 7) is 4.34. The fourth-order valence-electron chi connectivity index (χ4n) is 21.6. The minimum atomic E-state index is 0.648. The highest BCUT2D eigenvalue weighted by molar-refractivity contribution is 6.30. The minimum Gasteiger partial charge on any atom is -0.454 e. The van der Waals surface area contributed by atoms with Gasteiger partial charge in [-0.05, 0) is 245 Å². The van der Waals surface area contributed by atoms with Gasteiger partial charge in [-0.1, -0.05) is 413 Å². The van der Waals surface area contributed by atoms with Gasteiger partial charge in [0.25, 0.3) is 0 Å². The molecule has 0 N–H and O–H groups in total. The van der Waals surface area contributed by atoms with Gasteiger partial charge in [-0.15, -0.1) is 0 Å². The zero-order valence-corrected chi connectivity index (χ0v) is 76.8. The maximum Gasteiger partial charge on any atom is 0.164 e. The SMILES string of the molecule is Cc1cccc(N(c2ccc3ccc4c(N(c5ccccc5C)c5cccc6c5oc5ccccc56)ccc5ccc2c3c54)c2cccc3c2oc2ccccc23)c1.c1ccc(-c2nc(-c3ccccc3)nc(-c3cccc(-c4cccc(-c5ccc6c7ccccc7c7ccccc7c6c5)c4)c3)n2)cc1.c1ccc2cc(-c3c4ccccc4c(-c4cccc5ccccc45)c4ccccc34)ccc2c1. The van der Waals surface area contributed by atoms with Gasteiger partial charge in [0.05, 0.1) is 22.7 Å². The number of para-hydroxylation sites is 5. The summed E-state index contributed by atoms with van der Waals surface area (Å²) in [5.41, 5.74) is 24.9. The summed E-state index contributed by atoms with van der Waals surface area (Å²) in [6.07, 6.45) is 0. The Kier molecular flexibility index (Phi) is 20.3. The van der Waals surface area contributed by atoms with Crippen LogP contribution in [0, 0.1) is 13.8 Å². The van der Waals surface area contributed by atoms with Crippen LogP contribution in [0.5, 0.6) is 0 Å². The highest BCUT2D eigenvalue weighted by atomic mass is 16.3. The monoisotopic (exact) mass is 1790 g/mol. The molecule has 0 aliphatic carbocycles. The maximum absolute atomic E-state index is 6.70. The summed E-state index contributed by atoms with van der Waals surface area (Å²) >= 11 is 0. The lowest BCUT2D eigenvalue weighted by Crippen LogP contribution is -2.12. The van der Waals surface area contributed by atoms with Gasteiger partial charge in [-0.3, -0.25) is 0 Å². The number of rotatable bonds is 13. The summed E-state index contributed by atoms with van der Waals surface area (Å²) in [5, 5.41) is 29.6. The third kappa shape index (κ3) is 14.3. The van der Waals surface area contributed by atoms with Crippen LogP contribution in [0.25, 0.3) is 230 Å². The van der Waals surface area contributed by atoms with Gasteiger partial charge in [-0.2, -0.15) is 0 Å². The van der Waals surface area contributed by atoms with Crippen LogP contribution in [0.2, 0.25) is 0 Å². The number of hydrogen-bond acceptors (Lipinski definition) is 7. The van der Waals surface area contributed by atoms with Crippen LogP contribution in [-0.2, 0) is 0 Å². The molecule has 0 spiro atoms. The second-order valence-corrected chi connectivity index (χ2v) is 36.4. The average molecular weight is 1790 g/mol. The molecule has 0 aliphatic heterocycles. The van der Waals surface area contributed by atoms with E-state index < -0.39 is 0 Å². The maximum atomic E-state index is 6.70. The van der Waals surface area contributed by atoms with Crippen molar-refractivity contribution in [2.24, 2.45) is 0 Å². The van der Waals surface area contributed by atoms with Gasteiger partial charge in [0, 0.05) is 60.4 Å². The zero-order chi connectivity index (χ0) is 92.8. The molecule has 0 amide bonds. The van der Waals surface area contributed by atoms with E-state index in [1.807, 2.05) is 72.8 Å². The van der Waals surface area contributed by atoms with Crippen molar-refractivity contribution in [2.75, 3.05) is 9.80 Å². The predicted molar refractivity (Wildman–Crippen MR) is 590 cm³/mol. The summed E-state index contributed by atoms with van der Waals surface area (Å²) in [5.74, 6) is 1.96. The van der Waals surface area contributed by atoms with Crippen molar-refractivity contribution in [1.29, 1.82) is 0 Å². The van der Waals surface area contributed by atoms with Crippen LogP contribution >= 0.6 is 0 Å². The van der Waals surface area contributed by atoms with Crippen LogP contribution in [0.3, 0.4) is 0 Å². The Morgan fingerprint density at radius 2 is 0.557 bits per heavy atom. The standard InChI is InChI=1S/C54H36N2O2.C45H29N3.C34H22/c1-33-12-9-14-37(32-33)55(47-20-10-17-40-38-15-4-7-22-49(38)57-53(40)47)45-30-26-35-25-29-43-46(31-27-36-24-28-42(45)51(35)52(36)43)56(44-19-6-3-13-34(44)2)48-21-11-18-41-39-16-5-8-23-50(39)58-54(41)48;1-3-13-30(14-4-1)43-46-44(31-15-5-2-6-16-31)48-45(47-43)36-20-12-19-34(28-36)32-17-11-18-33(27-32)35-25-26-41-39-23-8-7-21-37(39)38-22-9-10-24-40(38)42(41)29-35;1-2-12-25-22-26(21-20-23(25)10-1)33-29-15-5-7-17-31(29)34(32-18-8-6-16-30(32)33)28-19-9-13-24-11-3-4-14-27(24)28/h3-32H,1-2H3;1-29H;1-22H. The molecular formula is C133H87N5O2. The molecular weight excluding hydrogens is 1700 g/mol. The fourth-order valence-corrected chi connectivity index (χ4v) is 21.6. The van der Waals surface area contributed by atoms with Crippen LogP contribution in [0.1, 0.15) is 11.1 Å². The van der Waals surface area contributed by atoms with Crippen LogP contribution in [0.4, 0.5) is 34.1 Å². The first kappa shape index (κ1) is 82.3. The van der Waals surface area contributed by atoms with E-state index in [0.29, 0.717) is 17.5 Å². The number of benzene rings is 25. The largest absolute Gasteiger partial charge is 0.454 e. The fraction of sp³-hybridized carbons (Fsp3) is 0.0150. The van der Waals surface area contributed by atoms with Gasteiger partial charge in [-0.25, -0.2) is 15.0 Å². The number of aromatic nitrogens is 3. The van der Waals surface area contributed by atoms with Crippen molar-refractivity contribution in [1.82, 2.24) is 15.0 Å². The molecule has 656 valence electrons. The van der Waals surface area contributed by atoms with Crippen LogP contribution in [-0.4, -0.2) is 15.0 Å². The molecule has 3 heterocycles. The first-order valence-corrected chi connectivity index (χ1v) is 47.8. The first-order valence-electron chi connectivity index (χ1n) is 47.8. The molecule has 0 unspecified atom stereocenters. The van der Waals surface area contributed by atoms with E-state index in [-0.39, 0.29) is 0 Å². The summed E-state index contributed by atoms with van der Waals surface area (Å²) in [7, 11) is 0. The molecule has 7 nitrogen and oxygen atoms in total. The molecule has 140 heavy (non-hydrogen) atoms. The van der Waals surface area contributed by atoms with Crippen LogP contribution < -0.4 is 9.80 Å². The molecule has 25 aromatic carbocycles. The third-order valence-corrected chi connectivity index (χ3v) is 28.1. The lowest BCUT2D eigenvalue weighted by atomic mass is 9.84. The second-order valence-electron chi connectivity index (χ2n) is 36.4. The highest BCUT2D eigenvalue weighted by Crippen LogP contribution is 2.53. The number of nitrogens with zero attached hydrogens (tertiary/aromatic N) is 5. The Hall–Kier alpha value is -18.4. The van der Waals surface area contributed by atoms with E-state index in [1.54, 1.807) is 0 Å². The topological polar surface area (TPSA) is 71.4 Å². The zero-order valence-electron chi connectivity index (χ0n) is 76.8. The van der Waals surface area contributed by atoms with Crippen molar-refractivity contribution in [3.63, 3.8) is 0 Å². The summed E-state index contributed by atoms with van der Waals surface area (Å²) < 4.78 is 13.4. The van der Waals surface area contributed by atoms with E-state index in [1.165, 1.54) is 152 Å². The molecule has 0 atom stereocenters. The molecule has 0 fully saturated rings. The van der Waals surface area contributed by atoms with Gasteiger partial charge in [0.2, 0.25) is 0 Å². The molecule has 0 saturated heterocycles. The molecule has 7 heteroatoms. The van der Waals surface area contributed by atoms with Gasteiger partial charge >= 0.3 is 0 Å². The van der Waals surface area contributed by atoms with E-state index in [9.17, 15) is 0 Å². The van der Waals surface area contributed by atoms with Crippen molar-refractivity contribution >= 4 is 186 Å². The smallest absolute Gasteiger partial charge is 0.164 e. The number of furan rings is 2. The molecule has 0 saturated carbocycles. The first-order chi connectivity index (χ1) is 69.3. The lowest BCUT2D eigenvalue weighted by Gasteiger charge is -2.30. The number of aryl methyl sites for hydroxylation is 2. The second kappa shape index (κ2) is 34.5. The Labute approximate surface area is 808 Å². The summed E-state index contributed by atoms with van der Waals surface area (Å²) in [4.78, 5) is 19.5. The van der Waals surface area contributed by atoms with E-state index >= 15 is 0 Å². The molecule has 0 radical (unpaired) electrons. The lowest BCUT2D eigenvalue weighted by molar-refractivity contribution is 0.668. The van der Waals surface area contributed by atoms with E-state index in [2.05, 4.69) is 442 Å². The quantitative estimate of drug-likeness (QED) is 0.0841. The Bertz CT molecular complexity index is 9630. The van der Waals surface area contributed by atoms with Gasteiger partial charge < -0.3 is 18.6 Å². The molecule has 0 aliphatic rings. The number of fused-ring (bicyclic) bond motifs is 16. The number of hydrogen-bond donors (Lipinski definition) is 0. The van der Waals surface area contributed by atoms with Crippen molar-refractivity contribution < 1.29 is 8.83 Å².